The molecule has 6 nitrogen and oxygen atoms in total. The van der Waals surface area contributed by atoms with E-state index in [2.05, 4.69) is 16.0 Å². The molecule has 0 spiro atoms. The first-order valence-electron chi connectivity index (χ1n) is 5.55. The van der Waals surface area contributed by atoms with Crippen LogP contribution < -0.4 is 16.0 Å². The van der Waals surface area contributed by atoms with E-state index in [1.807, 2.05) is 29.9 Å². The van der Waals surface area contributed by atoms with Crippen molar-refractivity contribution in [3.63, 3.8) is 0 Å². The van der Waals surface area contributed by atoms with E-state index in [-0.39, 0.29) is 24.4 Å². The molecule has 1 aromatic heterocycles. The van der Waals surface area contributed by atoms with E-state index in [1.165, 1.54) is 0 Å². The number of aromatic nitrogens is 1. The monoisotopic (exact) mass is 236 g/mol. The molecule has 1 aliphatic heterocycles. The Morgan fingerprint density at radius 2 is 2.47 bits per heavy atom. The van der Waals surface area contributed by atoms with Crippen LogP contribution in [0.1, 0.15) is 5.69 Å². The van der Waals surface area contributed by atoms with Crippen LogP contribution in [0.2, 0.25) is 0 Å². The van der Waals surface area contributed by atoms with Gasteiger partial charge in [0.1, 0.15) is 6.04 Å². The van der Waals surface area contributed by atoms with E-state index in [0.29, 0.717) is 13.1 Å². The Kier molecular flexibility index (Phi) is 3.43. The number of nitrogens with one attached hydrogen (secondary N) is 3. The van der Waals surface area contributed by atoms with Crippen LogP contribution in [-0.4, -0.2) is 35.5 Å². The number of hydrogen-bond acceptors (Lipinski definition) is 3. The van der Waals surface area contributed by atoms with Crippen LogP contribution in [0.3, 0.4) is 0 Å². The fourth-order valence-corrected chi connectivity index (χ4v) is 1.73. The van der Waals surface area contributed by atoms with E-state index in [1.54, 1.807) is 0 Å². The van der Waals surface area contributed by atoms with Crippen molar-refractivity contribution in [1.82, 2.24) is 20.5 Å². The summed E-state index contributed by atoms with van der Waals surface area (Å²) in [6.45, 7) is 1.04. The summed E-state index contributed by atoms with van der Waals surface area (Å²) in [7, 11) is 1.93. The molecule has 1 unspecified atom stereocenters. The van der Waals surface area contributed by atoms with Crippen molar-refractivity contribution in [2.24, 2.45) is 7.05 Å². The second kappa shape index (κ2) is 5.01. The van der Waals surface area contributed by atoms with E-state index < -0.39 is 0 Å². The number of nitrogens with zero attached hydrogens (tertiary/aromatic N) is 1. The second-order valence-electron chi connectivity index (χ2n) is 4.07. The molecule has 1 aromatic rings. The highest BCUT2D eigenvalue weighted by Crippen LogP contribution is 1.99. The number of carbonyl (C=O) groups is 2. The van der Waals surface area contributed by atoms with Crippen LogP contribution in [0.15, 0.2) is 18.3 Å². The predicted octanol–water partition coefficient (Wildman–Crippen LogP) is -1.27. The molecule has 3 N–H and O–H groups in total. The summed E-state index contributed by atoms with van der Waals surface area (Å²) >= 11 is 0. The van der Waals surface area contributed by atoms with Gasteiger partial charge in [-0.05, 0) is 12.1 Å². The minimum Gasteiger partial charge on any atom is -0.353 e. The Morgan fingerprint density at radius 1 is 1.65 bits per heavy atom. The van der Waals surface area contributed by atoms with Gasteiger partial charge in [0.25, 0.3) is 0 Å². The summed E-state index contributed by atoms with van der Waals surface area (Å²) in [4.78, 5) is 22.7. The molecule has 1 atom stereocenters. The lowest BCUT2D eigenvalue weighted by atomic mass is 10.2. The van der Waals surface area contributed by atoms with Gasteiger partial charge >= 0.3 is 0 Å². The van der Waals surface area contributed by atoms with Gasteiger partial charge < -0.3 is 15.2 Å². The molecular formula is C11H16N4O2. The third-order valence-electron chi connectivity index (χ3n) is 2.82. The van der Waals surface area contributed by atoms with Crippen molar-refractivity contribution in [3.8, 4) is 0 Å². The Morgan fingerprint density at radius 3 is 3.06 bits per heavy atom. The van der Waals surface area contributed by atoms with Gasteiger partial charge in [0, 0.05) is 25.5 Å². The molecule has 0 aliphatic carbocycles. The fourth-order valence-electron chi connectivity index (χ4n) is 1.73. The van der Waals surface area contributed by atoms with Crippen LogP contribution in [0.4, 0.5) is 0 Å². The zero-order valence-electron chi connectivity index (χ0n) is 9.69. The summed E-state index contributed by atoms with van der Waals surface area (Å²) in [6, 6.07) is 3.55. The number of hydrogen-bond donors (Lipinski definition) is 3. The standard InChI is InChI=1S/C11H16N4O2/c1-15-4-2-3-8(15)5-14-11(17)9-6-13-10(16)7-12-9/h2-4,9,12H,5-7H2,1H3,(H,13,16)(H,14,17). The predicted molar refractivity (Wildman–Crippen MR) is 62.1 cm³/mol. The summed E-state index contributed by atoms with van der Waals surface area (Å²) in [6.07, 6.45) is 1.93. The normalized spacial score (nSPS) is 19.8. The molecule has 0 bridgehead atoms. The van der Waals surface area contributed by atoms with Crippen molar-refractivity contribution in [2.75, 3.05) is 13.1 Å². The quantitative estimate of drug-likeness (QED) is 0.612. The average Bonchev–Trinajstić information content (AvgIpc) is 2.73. The smallest absolute Gasteiger partial charge is 0.239 e. The number of carbonyl (C=O) groups excluding carboxylic acids is 2. The van der Waals surface area contributed by atoms with Crippen molar-refractivity contribution in [1.29, 1.82) is 0 Å². The number of amides is 2. The van der Waals surface area contributed by atoms with Crippen molar-refractivity contribution in [2.45, 2.75) is 12.6 Å². The van der Waals surface area contributed by atoms with Crippen LogP contribution in [0.5, 0.6) is 0 Å². The topological polar surface area (TPSA) is 75.2 Å². The number of aryl methyl sites for hydroxylation is 1. The first-order chi connectivity index (χ1) is 8.16. The molecule has 0 aromatic carbocycles. The Labute approximate surface area is 99.4 Å². The molecule has 0 radical (unpaired) electrons. The summed E-state index contributed by atoms with van der Waals surface area (Å²) in [5.74, 6) is -0.164. The molecule has 92 valence electrons. The molecule has 2 heterocycles. The Balaban J connectivity index is 1.81. The average molecular weight is 236 g/mol. The third-order valence-corrected chi connectivity index (χ3v) is 2.82. The molecule has 0 saturated carbocycles. The van der Waals surface area contributed by atoms with Crippen molar-refractivity contribution in [3.05, 3.63) is 24.0 Å². The van der Waals surface area contributed by atoms with Gasteiger partial charge in [-0.3, -0.25) is 14.9 Å². The van der Waals surface area contributed by atoms with E-state index >= 15 is 0 Å². The van der Waals surface area contributed by atoms with Gasteiger partial charge in [-0.25, -0.2) is 0 Å². The highest BCUT2D eigenvalue weighted by Gasteiger charge is 2.23. The van der Waals surface area contributed by atoms with Gasteiger partial charge in [0.15, 0.2) is 0 Å². The van der Waals surface area contributed by atoms with E-state index in [4.69, 9.17) is 0 Å². The molecule has 2 amide bonds. The van der Waals surface area contributed by atoms with E-state index in [0.717, 1.165) is 5.69 Å². The lowest BCUT2D eigenvalue weighted by Gasteiger charge is -2.23. The lowest BCUT2D eigenvalue weighted by Crippen LogP contribution is -2.57. The van der Waals surface area contributed by atoms with Crippen molar-refractivity contribution >= 4 is 11.8 Å². The summed E-state index contributed by atoms with van der Waals surface area (Å²) in [5, 5.41) is 8.37. The molecule has 1 aliphatic rings. The molecule has 6 heteroatoms. The zero-order chi connectivity index (χ0) is 12.3. The molecule has 2 rings (SSSR count). The van der Waals surface area contributed by atoms with Crippen molar-refractivity contribution < 1.29 is 9.59 Å². The molecular weight excluding hydrogens is 220 g/mol. The SMILES string of the molecule is Cn1cccc1CNC(=O)C1CNC(=O)CN1. The van der Waals surface area contributed by atoms with Gasteiger partial charge in [-0.1, -0.05) is 0 Å². The maximum absolute atomic E-state index is 11.8. The Hall–Kier alpha value is -1.82. The zero-order valence-corrected chi connectivity index (χ0v) is 9.69. The van der Waals surface area contributed by atoms with Gasteiger partial charge in [0.05, 0.1) is 13.1 Å². The van der Waals surface area contributed by atoms with E-state index in [9.17, 15) is 9.59 Å². The third kappa shape index (κ3) is 2.85. The van der Waals surface area contributed by atoms with Crippen LogP contribution >= 0.6 is 0 Å². The minimum atomic E-state index is -0.340. The molecule has 17 heavy (non-hydrogen) atoms. The maximum atomic E-state index is 11.8. The molecule has 1 saturated heterocycles. The first-order valence-corrected chi connectivity index (χ1v) is 5.55. The Bertz CT molecular complexity index is 417. The fraction of sp³-hybridized carbons (Fsp3) is 0.455. The number of rotatable bonds is 3. The first kappa shape index (κ1) is 11.7. The second-order valence-corrected chi connectivity index (χ2v) is 4.07. The van der Waals surface area contributed by atoms with Gasteiger partial charge in [-0.2, -0.15) is 0 Å². The van der Waals surface area contributed by atoms with Gasteiger partial charge in [0.2, 0.25) is 11.8 Å². The lowest BCUT2D eigenvalue weighted by molar-refractivity contribution is -0.126. The van der Waals surface area contributed by atoms with Crippen LogP contribution in [0.25, 0.3) is 0 Å². The van der Waals surface area contributed by atoms with Gasteiger partial charge in [-0.15, -0.1) is 0 Å². The largest absolute Gasteiger partial charge is 0.353 e. The maximum Gasteiger partial charge on any atom is 0.239 e. The van der Waals surface area contributed by atoms with Crippen LogP contribution in [-0.2, 0) is 23.2 Å². The van der Waals surface area contributed by atoms with Crippen LogP contribution in [0, 0.1) is 0 Å². The number of piperazine rings is 1. The summed E-state index contributed by atoms with van der Waals surface area (Å²) in [5.41, 5.74) is 1.04. The highest BCUT2D eigenvalue weighted by molar-refractivity contribution is 5.86. The minimum absolute atomic E-state index is 0.0727. The highest BCUT2D eigenvalue weighted by atomic mass is 16.2. The summed E-state index contributed by atoms with van der Waals surface area (Å²) < 4.78 is 1.95. The molecule has 1 fully saturated rings.